The molecule has 2 aromatic rings. The first kappa shape index (κ1) is 15.5. The van der Waals surface area contributed by atoms with Gasteiger partial charge in [-0.15, -0.1) is 10.2 Å². The number of nitrogens with zero attached hydrogens (tertiary/aromatic N) is 3. The van der Waals surface area contributed by atoms with Crippen LogP contribution >= 0.6 is 0 Å². The largest absolute Gasteiger partial charge is 0.421 e. The number of aromatic nitrogens is 2. The Morgan fingerprint density at radius 3 is 2.52 bits per heavy atom. The number of halogens is 3. The molecule has 1 heterocycles. The minimum Gasteiger partial charge on any atom is -0.421 e. The number of hydrogen-bond donors (Lipinski definition) is 0. The molecule has 1 amide bonds. The fourth-order valence-electron chi connectivity index (χ4n) is 2.51. The molecule has 1 aromatic carbocycles. The van der Waals surface area contributed by atoms with Crippen LogP contribution in [0, 0.1) is 6.92 Å². The molecular weight excluding hydrogens is 311 g/mol. The van der Waals surface area contributed by atoms with E-state index in [1.165, 1.54) is 19.2 Å². The highest BCUT2D eigenvalue weighted by Crippen LogP contribution is 2.53. The van der Waals surface area contributed by atoms with E-state index in [0.717, 1.165) is 4.90 Å². The Hall–Kier alpha value is -2.38. The Morgan fingerprint density at radius 1 is 1.30 bits per heavy atom. The minimum atomic E-state index is -4.43. The van der Waals surface area contributed by atoms with E-state index in [9.17, 15) is 18.0 Å². The molecule has 0 unspecified atom stereocenters. The van der Waals surface area contributed by atoms with Crippen molar-refractivity contribution in [2.45, 2.75) is 31.5 Å². The lowest BCUT2D eigenvalue weighted by molar-refractivity contribution is -0.185. The first-order valence-corrected chi connectivity index (χ1v) is 7.00. The molecule has 0 radical (unpaired) electrons. The van der Waals surface area contributed by atoms with Crippen molar-refractivity contribution >= 4 is 5.91 Å². The summed E-state index contributed by atoms with van der Waals surface area (Å²) in [4.78, 5) is 13.2. The molecule has 1 aliphatic rings. The van der Waals surface area contributed by atoms with Crippen molar-refractivity contribution in [3.05, 3.63) is 35.7 Å². The van der Waals surface area contributed by atoms with E-state index in [2.05, 4.69) is 10.2 Å². The molecule has 0 atom stereocenters. The number of amides is 1. The smallest absolute Gasteiger partial charge is 0.411 e. The second-order valence-corrected chi connectivity index (χ2v) is 5.60. The van der Waals surface area contributed by atoms with Crippen LogP contribution in [0.1, 0.15) is 29.1 Å². The zero-order valence-electron chi connectivity index (χ0n) is 12.5. The van der Waals surface area contributed by atoms with Crippen molar-refractivity contribution in [2.75, 3.05) is 7.05 Å². The second kappa shape index (κ2) is 5.07. The number of carbonyl (C=O) groups excluding carboxylic acids is 1. The van der Waals surface area contributed by atoms with Crippen molar-refractivity contribution in [2.24, 2.45) is 0 Å². The Bertz CT molecular complexity index is 750. The van der Waals surface area contributed by atoms with Crippen molar-refractivity contribution in [3.63, 3.8) is 0 Å². The Labute approximate surface area is 130 Å². The van der Waals surface area contributed by atoms with E-state index in [1.807, 2.05) is 0 Å². The first-order chi connectivity index (χ1) is 10.7. The Morgan fingerprint density at radius 2 is 2.00 bits per heavy atom. The minimum absolute atomic E-state index is 0.0682. The number of carbonyl (C=O) groups is 1. The molecule has 23 heavy (non-hydrogen) atoms. The maximum absolute atomic E-state index is 13.1. The summed E-state index contributed by atoms with van der Waals surface area (Å²) in [6.45, 7) is 1.62. The summed E-state index contributed by atoms with van der Waals surface area (Å²) < 4.78 is 44.7. The van der Waals surface area contributed by atoms with Crippen molar-refractivity contribution in [1.82, 2.24) is 15.1 Å². The summed E-state index contributed by atoms with van der Waals surface area (Å²) in [5.41, 5.74) is -1.40. The van der Waals surface area contributed by atoms with Crippen molar-refractivity contribution in [3.8, 4) is 11.5 Å². The average molecular weight is 325 g/mol. The van der Waals surface area contributed by atoms with Crippen LogP contribution in [0.2, 0.25) is 0 Å². The van der Waals surface area contributed by atoms with Gasteiger partial charge in [0.1, 0.15) is 5.54 Å². The normalized spacial score (nSPS) is 16.2. The van der Waals surface area contributed by atoms with Gasteiger partial charge in [0.05, 0.1) is 0 Å². The topological polar surface area (TPSA) is 59.2 Å². The average Bonchev–Trinajstić information content (AvgIpc) is 3.22. The van der Waals surface area contributed by atoms with Crippen LogP contribution in [0.4, 0.5) is 13.2 Å². The third-order valence-electron chi connectivity index (χ3n) is 4.08. The van der Waals surface area contributed by atoms with E-state index in [4.69, 9.17) is 4.42 Å². The number of benzene rings is 1. The molecule has 1 aromatic heterocycles. The van der Waals surface area contributed by atoms with Crippen LogP contribution < -0.4 is 0 Å². The Balaban J connectivity index is 1.89. The van der Waals surface area contributed by atoms with Crippen LogP contribution in [0.5, 0.6) is 0 Å². The van der Waals surface area contributed by atoms with Gasteiger partial charge in [0.15, 0.2) is 0 Å². The van der Waals surface area contributed by atoms with Gasteiger partial charge >= 0.3 is 6.18 Å². The molecule has 0 spiro atoms. The first-order valence-electron chi connectivity index (χ1n) is 7.00. The molecule has 0 saturated heterocycles. The van der Waals surface area contributed by atoms with Crippen molar-refractivity contribution in [1.29, 1.82) is 0 Å². The summed E-state index contributed by atoms with van der Waals surface area (Å²) in [5, 5.41) is 7.53. The van der Waals surface area contributed by atoms with Gasteiger partial charge in [-0.05, 0) is 31.0 Å². The van der Waals surface area contributed by atoms with Crippen LogP contribution in [0.25, 0.3) is 11.5 Å². The van der Waals surface area contributed by atoms with E-state index >= 15 is 0 Å². The zero-order valence-corrected chi connectivity index (χ0v) is 12.5. The maximum atomic E-state index is 13.1. The molecule has 0 aliphatic heterocycles. The molecule has 3 rings (SSSR count). The van der Waals surface area contributed by atoms with Gasteiger partial charge < -0.3 is 9.32 Å². The molecular formula is C15H14F3N3O2. The third-order valence-corrected chi connectivity index (χ3v) is 4.08. The van der Waals surface area contributed by atoms with Gasteiger partial charge in [0, 0.05) is 25.1 Å². The summed E-state index contributed by atoms with van der Waals surface area (Å²) in [7, 11) is 1.19. The number of aryl methyl sites for hydroxylation is 1. The maximum Gasteiger partial charge on any atom is 0.411 e. The quantitative estimate of drug-likeness (QED) is 0.869. The molecule has 1 fully saturated rings. The molecule has 1 saturated carbocycles. The van der Waals surface area contributed by atoms with E-state index in [0.29, 0.717) is 11.5 Å². The highest BCUT2D eigenvalue weighted by atomic mass is 19.4. The number of rotatable bonds is 3. The lowest BCUT2D eigenvalue weighted by Gasteiger charge is -2.30. The molecule has 1 aliphatic carbocycles. The third kappa shape index (κ3) is 2.58. The van der Waals surface area contributed by atoms with Gasteiger partial charge in [-0.1, -0.05) is 6.07 Å². The predicted molar refractivity (Wildman–Crippen MR) is 74.6 cm³/mol. The van der Waals surface area contributed by atoms with Gasteiger partial charge in [-0.3, -0.25) is 4.79 Å². The summed E-state index contributed by atoms with van der Waals surface area (Å²) in [6, 6.07) is 6.15. The lowest BCUT2D eigenvalue weighted by atomic mass is 10.1. The Kier molecular flexibility index (Phi) is 3.42. The van der Waals surface area contributed by atoms with E-state index in [-0.39, 0.29) is 24.3 Å². The van der Waals surface area contributed by atoms with Gasteiger partial charge in [0.2, 0.25) is 11.8 Å². The SMILES string of the molecule is Cc1nnc(-c2cccc(C(=O)N(C)C3(C(F)(F)F)CC3)c2)o1. The number of alkyl halides is 3. The fourth-order valence-corrected chi connectivity index (χ4v) is 2.51. The van der Waals surface area contributed by atoms with Crippen LogP contribution in [0.3, 0.4) is 0 Å². The van der Waals surface area contributed by atoms with Crippen LogP contribution in [0.15, 0.2) is 28.7 Å². The fraction of sp³-hybridized carbons (Fsp3) is 0.400. The van der Waals surface area contributed by atoms with Crippen LogP contribution in [-0.4, -0.2) is 39.8 Å². The standard InChI is InChI=1S/C15H14F3N3O2/c1-9-19-20-12(23-9)10-4-3-5-11(8-10)13(22)21(2)14(6-7-14)15(16,17)18/h3-5,8H,6-7H2,1-2H3. The lowest BCUT2D eigenvalue weighted by Crippen LogP contribution is -2.49. The van der Waals surface area contributed by atoms with Crippen LogP contribution in [-0.2, 0) is 0 Å². The monoisotopic (exact) mass is 325 g/mol. The molecule has 5 nitrogen and oxygen atoms in total. The zero-order chi connectivity index (χ0) is 16.8. The molecule has 0 bridgehead atoms. The predicted octanol–water partition coefficient (Wildman–Crippen LogP) is 3.21. The molecule has 122 valence electrons. The molecule has 8 heteroatoms. The van der Waals surface area contributed by atoms with E-state index < -0.39 is 17.6 Å². The van der Waals surface area contributed by atoms with Gasteiger partial charge in [-0.2, -0.15) is 13.2 Å². The van der Waals surface area contributed by atoms with Crippen molar-refractivity contribution < 1.29 is 22.4 Å². The number of hydrogen-bond acceptors (Lipinski definition) is 4. The summed E-state index contributed by atoms with van der Waals surface area (Å²) in [5.74, 6) is -0.0995. The summed E-state index contributed by atoms with van der Waals surface area (Å²) in [6.07, 6.45) is -4.57. The highest BCUT2D eigenvalue weighted by molar-refractivity contribution is 5.95. The second-order valence-electron chi connectivity index (χ2n) is 5.60. The van der Waals surface area contributed by atoms with Gasteiger partial charge in [-0.25, -0.2) is 0 Å². The van der Waals surface area contributed by atoms with E-state index in [1.54, 1.807) is 19.1 Å². The highest BCUT2D eigenvalue weighted by Gasteiger charge is 2.67. The van der Waals surface area contributed by atoms with Gasteiger partial charge in [0.25, 0.3) is 5.91 Å². The summed E-state index contributed by atoms with van der Waals surface area (Å²) >= 11 is 0. The molecule has 0 N–H and O–H groups in total.